The molecule has 0 saturated heterocycles. The first kappa shape index (κ1) is 34.4. The van der Waals surface area contributed by atoms with Crippen LogP contribution in [0.1, 0.15) is 16.0 Å². The maximum Gasteiger partial charge on any atom is 1.00 e. The number of thiazole rings is 1. The zero-order valence-corrected chi connectivity index (χ0v) is 28.2. The number of carbonyl (C=O) groups is 2. The number of benzene rings is 3. The Bertz CT molecular complexity index is 1790. The monoisotopic (exact) mass is 668 g/mol. The number of aryl methyl sites for hydroxylation is 1. The molecule has 1 aliphatic heterocycles. The molecule has 0 fully saturated rings. The number of carbonyl (C=O) groups excluding carboxylic acids is 2. The minimum absolute atomic E-state index is 0. The number of aliphatic hydroxyl groups excluding tert-OH is 1. The summed E-state index contributed by atoms with van der Waals surface area (Å²) in [6.45, 7) is 1.83. The van der Waals surface area contributed by atoms with Crippen molar-refractivity contribution in [2.75, 3.05) is 17.7 Å². The number of halogens is 2. The molecule has 1 aromatic heterocycles. The summed E-state index contributed by atoms with van der Waals surface area (Å²) in [4.78, 5) is 28.0. The normalized spacial score (nSPS) is 13.2. The van der Waals surface area contributed by atoms with Crippen LogP contribution in [-0.4, -0.2) is 41.7 Å². The third-order valence-electron chi connectivity index (χ3n) is 5.95. The van der Waals surface area contributed by atoms with Gasteiger partial charge >= 0.3 is 29.6 Å². The summed E-state index contributed by atoms with van der Waals surface area (Å²) in [5, 5.41) is 27.9. The number of aromatic nitrogens is 1. The van der Waals surface area contributed by atoms with E-state index in [1.165, 1.54) is 30.5 Å². The van der Waals surface area contributed by atoms with Gasteiger partial charge in [0.25, 0.3) is 15.9 Å². The van der Waals surface area contributed by atoms with Crippen LogP contribution in [0.5, 0.6) is 0 Å². The molecule has 2 heterocycles. The molecule has 15 heteroatoms. The Morgan fingerprint density at radius 1 is 1.02 bits per heavy atom. The van der Waals surface area contributed by atoms with Crippen molar-refractivity contribution in [3.63, 3.8) is 0 Å². The molecule has 3 N–H and O–H groups in total. The molecular weight excluding hydrogens is 646 g/mol. The fourth-order valence-electron chi connectivity index (χ4n) is 3.95. The second-order valence-electron chi connectivity index (χ2n) is 8.82. The molecule has 0 spiro atoms. The number of sulfonamides is 1. The number of nitrogens with zero attached hydrogens (tertiary/aromatic N) is 2. The topological polar surface area (TPSA) is 152 Å². The number of para-hydroxylation sites is 2. The predicted molar refractivity (Wildman–Crippen MR) is 161 cm³/mol. The van der Waals surface area contributed by atoms with Crippen LogP contribution in [0.15, 0.2) is 83.5 Å². The first-order valence-electron chi connectivity index (χ1n) is 12.1. The van der Waals surface area contributed by atoms with Crippen molar-refractivity contribution in [1.29, 1.82) is 0 Å². The molecule has 4 aromatic rings. The Morgan fingerprint density at radius 2 is 1.65 bits per heavy atom. The van der Waals surface area contributed by atoms with Crippen LogP contribution in [0.3, 0.4) is 0 Å². The smallest absolute Gasteiger partial charge is 0.550 e. The van der Waals surface area contributed by atoms with Crippen molar-refractivity contribution >= 4 is 78.7 Å². The maximum absolute atomic E-state index is 12.5. The van der Waals surface area contributed by atoms with Gasteiger partial charge in [-0.1, -0.05) is 59.6 Å². The molecule has 43 heavy (non-hydrogen) atoms. The van der Waals surface area contributed by atoms with Gasteiger partial charge in [-0.25, -0.2) is 13.4 Å². The van der Waals surface area contributed by atoms with Crippen LogP contribution in [0.4, 0.5) is 16.5 Å². The molecular formula is C28H23Cl2N4NaO6S2. The number of nitrogens with one attached hydrogen (secondary N) is 2. The SMILES string of the molecule is Cc1cnc(NC(=O)C2=C(O)c3ccccc3S(=O)(=O)N2C)s1.O=C([O-])Cc1ccccc1Nc1c(Cl)cccc1Cl.[Na+]. The van der Waals surface area contributed by atoms with Gasteiger partial charge in [-0.3, -0.25) is 14.4 Å². The van der Waals surface area contributed by atoms with Crippen molar-refractivity contribution in [1.82, 2.24) is 9.29 Å². The number of fused-ring (bicyclic) bond motifs is 1. The zero-order chi connectivity index (χ0) is 30.6. The quantitative estimate of drug-likeness (QED) is 0.264. The molecule has 1 amide bonds. The third-order valence-corrected chi connectivity index (χ3v) is 9.22. The number of rotatable bonds is 6. The standard InChI is InChI=1S/C14H11Cl2NO2.C14H13N3O4S2.Na/c15-10-5-3-6-11(16)14(10)17-12-7-2-1-4-9(12)8-13(18)19;1-8-7-15-14(22-8)16-13(19)11-12(18)9-5-3-4-6-10(9)23(20,21)17(11)2;/h1-7,17H,8H2,(H,18,19);3-7,18H,1-2H3,(H,15,16,19);/q;;+1/p-1. The van der Waals surface area contributed by atoms with Gasteiger partial charge < -0.3 is 20.3 Å². The number of aliphatic hydroxyl groups is 1. The second-order valence-corrected chi connectivity index (χ2v) is 12.8. The van der Waals surface area contributed by atoms with Crippen molar-refractivity contribution in [2.24, 2.45) is 0 Å². The Balaban J connectivity index is 0.000000234. The first-order valence-corrected chi connectivity index (χ1v) is 15.2. The number of amides is 1. The van der Waals surface area contributed by atoms with Gasteiger partial charge in [0, 0.05) is 41.8 Å². The van der Waals surface area contributed by atoms with E-state index < -0.39 is 21.9 Å². The largest absolute Gasteiger partial charge is 1.00 e. The Hall–Kier alpha value is -3.10. The third kappa shape index (κ3) is 7.90. The van der Waals surface area contributed by atoms with Gasteiger partial charge in [0.1, 0.15) is 0 Å². The second kappa shape index (κ2) is 14.6. The van der Waals surface area contributed by atoms with Crippen LogP contribution < -0.4 is 45.3 Å². The van der Waals surface area contributed by atoms with Gasteiger partial charge in [-0.05, 0) is 42.8 Å². The van der Waals surface area contributed by atoms with Gasteiger partial charge in [0.15, 0.2) is 16.6 Å². The molecule has 0 saturated carbocycles. The number of carboxylic acid groups (broad SMARTS) is 1. The molecule has 0 radical (unpaired) electrons. The van der Waals surface area contributed by atoms with Gasteiger partial charge in [0.2, 0.25) is 0 Å². The molecule has 218 valence electrons. The maximum atomic E-state index is 12.5. The molecule has 0 bridgehead atoms. The average Bonchev–Trinajstić information content (AvgIpc) is 3.35. The van der Waals surface area contributed by atoms with Crippen LogP contribution in [-0.2, 0) is 26.0 Å². The molecule has 10 nitrogen and oxygen atoms in total. The summed E-state index contributed by atoms with van der Waals surface area (Å²) >= 11 is 13.4. The van der Waals surface area contributed by atoms with E-state index in [1.54, 1.807) is 60.8 Å². The number of likely N-dealkylation sites (N-methyl/N-ethyl adjacent to an activating group) is 1. The van der Waals surface area contributed by atoms with Crippen molar-refractivity contribution in [3.8, 4) is 0 Å². The van der Waals surface area contributed by atoms with Crippen LogP contribution in [0.2, 0.25) is 10.0 Å². The van der Waals surface area contributed by atoms with Crippen molar-refractivity contribution < 1.29 is 57.8 Å². The fourth-order valence-corrected chi connectivity index (χ4v) is 6.50. The van der Waals surface area contributed by atoms with E-state index in [1.807, 2.05) is 6.92 Å². The summed E-state index contributed by atoms with van der Waals surface area (Å²) in [6.07, 6.45) is 1.41. The minimum Gasteiger partial charge on any atom is -0.550 e. The number of hydrogen-bond acceptors (Lipinski definition) is 9. The summed E-state index contributed by atoms with van der Waals surface area (Å²) in [6, 6.07) is 18.2. The molecule has 0 aliphatic carbocycles. The Kier molecular flexibility index (Phi) is 11.7. The van der Waals surface area contributed by atoms with E-state index in [4.69, 9.17) is 23.2 Å². The van der Waals surface area contributed by atoms with Gasteiger partial charge in [-0.15, -0.1) is 11.3 Å². The average molecular weight is 670 g/mol. The van der Waals surface area contributed by atoms with Crippen molar-refractivity contribution in [2.45, 2.75) is 18.2 Å². The fraction of sp³-hybridized carbons (Fsp3) is 0.107. The number of anilines is 3. The predicted octanol–water partition coefficient (Wildman–Crippen LogP) is 1.98. The summed E-state index contributed by atoms with van der Waals surface area (Å²) in [5.41, 5.74) is 1.57. The van der Waals surface area contributed by atoms with Crippen LogP contribution in [0.25, 0.3) is 5.76 Å². The Labute approximate surface area is 284 Å². The number of carboxylic acids is 1. The Morgan fingerprint density at radius 3 is 2.28 bits per heavy atom. The molecule has 0 atom stereocenters. The van der Waals surface area contributed by atoms with E-state index in [9.17, 15) is 28.2 Å². The zero-order valence-electron chi connectivity index (χ0n) is 23.1. The van der Waals surface area contributed by atoms with Gasteiger partial charge in [0.05, 0.1) is 20.6 Å². The van der Waals surface area contributed by atoms with E-state index in [2.05, 4.69) is 15.6 Å². The molecule has 3 aromatic carbocycles. The van der Waals surface area contributed by atoms with Crippen molar-refractivity contribution in [3.05, 3.63) is 105 Å². The van der Waals surface area contributed by atoms with E-state index in [-0.39, 0.29) is 57.9 Å². The molecule has 5 rings (SSSR count). The molecule has 1 aliphatic rings. The summed E-state index contributed by atoms with van der Waals surface area (Å²) in [7, 11) is -2.67. The first-order chi connectivity index (χ1) is 19.9. The molecule has 0 unspecified atom stereocenters. The van der Waals surface area contributed by atoms with E-state index in [0.717, 1.165) is 9.18 Å². The van der Waals surface area contributed by atoms with E-state index >= 15 is 0 Å². The summed E-state index contributed by atoms with van der Waals surface area (Å²) in [5.74, 6) is -2.26. The number of hydrogen-bond donors (Lipinski definition) is 3. The minimum atomic E-state index is -3.90. The van der Waals surface area contributed by atoms with Crippen LogP contribution in [0, 0.1) is 6.92 Å². The van der Waals surface area contributed by atoms with E-state index in [0.29, 0.717) is 32.1 Å². The summed E-state index contributed by atoms with van der Waals surface area (Å²) < 4.78 is 25.8. The number of aliphatic carboxylic acids is 1. The van der Waals surface area contributed by atoms with Gasteiger partial charge in [-0.2, -0.15) is 0 Å². The van der Waals surface area contributed by atoms with Crippen LogP contribution >= 0.6 is 34.5 Å².